The fraction of sp³-hybridized carbons (Fsp3) is 0.267. The molecule has 0 bridgehead atoms. The third-order valence-corrected chi connectivity index (χ3v) is 2.77. The van der Waals surface area contributed by atoms with E-state index in [1.165, 1.54) is 5.56 Å². The molecule has 0 aliphatic carbocycles. The molecule has 1 N–H and O–H groups in total. The van der Waals surface area contributed by atoms with Crippen LogP contribution in [0.3, 0.4) is 0 Å². The van der Waals surface area contributed by atoms with Gasteiger partial charge in [-0.3, -0.25) is 4.98 Å². The maximum atomic E-state index is 5.08. The molecule has 0 aliphatic heterocycles. The van der Waals surface area contributed by atoms with E-state index in [1.807, 2.05) is 42.6 Å². The number of hydrogen-bond donors (Lipinski definition) is 1. The van der Waals surface area contributed by atoms with Gasteiger partial charge in [-0.15, -0.1) is 0 Å². The largest absolute Gasteiger partial charge is 0.383 e. The van der Waals surface area contributed by atoms with Crippen molar-refractivity contribution in [1.82, 2.24) is 10.3 Å². The second-order valence-corrected chi connectivity index (χ2v) is 4.05. The first-order chi connectivity index (χ1) is 8.92. The molecule has 1 atom stereocenters. The van der Waals surface area contributed by atoms with E-state index in [4.69, 9.17) is 4.74 Å². The first-order valence-corrected chi connectivity index (χ1v) is 6.10. The molecule has 1 unspecified atom stereocenters. The van der Waals surface area contributed by atoms with Gasteiger partial charge in [-0.25, -0.2) is 0 Å². The Kier molecular flexibility index (Phi) is 4.88. The molecule has 1 heterocycles. The summed E-state index contributed by atoms with van der Waals surface area (Å²) in [6.07, 6.45) is 1.82. The molecule has 0 aliphatic rings. The Morgan fingerprint density at radius 1 is 1.11 bits per heavy atom. The van der Waals surface area contributed by atoms with Gasteiger partial charge in [0.2, 0.25) is 0 Å². The molecule has 2 aromatic rings. The van der Waals surface area contributed by atoms with Crippen molar-refractivity contribution < 1.29 is 4.74 Å². The van der Waals surface area contributed by atoms with Crippen molar-refractivity contribution in [2.75, 3.05) is 20.3 Å². The molecule has 2 rings (SSSR count). The number of nitrogens with zero attached hydrogens (tertiary/aromatic N) is 1. The van der Waals surface area contributed by atoms with E-state index < -0.39 is 0 Å². The standard InChI is InChI=1S/C15H18N2O/c1-18-12-11-17-15(13-7-3-2-4-8-13)14-9-5-6-10-16-14/h2-10,15,17H,11-12H2,1H3. The first-order valence-electron chi connectivity index (χ1n) is 6.10. The van der Waals surface area contributed by atoms with Crippen LogP contribution in [0.1, 0.15) is 17.3 Å². The van der Waals surface area contributed by atoms with Crippen molar-refractivity contribution in [2.24, 2.45) is 0 Å². The number of nitrogens with one attached hydrogen (secondary N) is 1. The highest BCUT2D eigenvalue weighted by Gasteiger charge is 2.13. The Morgan fingerprint density at radius 3 is 2.56 bits per heavy atom. The number of methoxy groups -OCH3 is 1. The van der Waals surface area contributed by atoms with Gasteiger partial charge in [0.05, 0.1) is 18.3 Å². The lowest BCUT2D eigenvalue weighted by atomic mass is 10.0. The fourth-order valence-corrected chi connectivity index (χ4v) is 1.89. The molecule has 0 saturated heterocycles. The van der Waals surface area contributed by atoms with Crippen LogP contribution in [0, 0.1) is 0 Å². The average molecular weight is 242 g/mol. The summed E-state index contributed by atoms with van der Waals surface area (Å²) in [6.45, 7) is 1.49. The molecule has 1 aromatic carbocycles. The SMILES string of the molecule is COCCNC(c1ccccc1)c1ccccn1. The maximum Gasteiger partial charge on any atom is 0.0752 e. The van der Waals surface area contributed by atoms with Crippen LogP contribution < -0.4 is 5.32 Å². The lowest BCUT2D eigenvalue weighted by Crippen LogP contribution is -2.26. The second kappa shape index (κ2) is 6.89. The summed E-state index contributed by atoms with van der Waals surface area (Å²) in [4.78, 5) is 4.43. The number of rotatable bonds is 6. The van der Waals surface area contributed by atoms with Crippen molar-refractivity contribution in [1.29, 1.82) is 0 Å². The molecule has 94 valence electrons. The van der Waals surface area contributed by atoms with E-state index in [2.05, 4.69) is 22.4 Å². The molecular formula is C15H18N2O. The van der Waals surface area contributed by atoms with Gasteiger partial charge in [0.25, 0.3) is 0 Å². The van der Waals surface area contributed by atoms with Crippen molar-refractivity contribution in [3.63, 3.8) is 0 Å². The molecule has 1 aromatic heterocycles. The molecule has 0 amide bonds. The van der Waals surface area contributed by atoms with Crippen LogP contribution in [0.4, 0.5) is 0 Å². The van der Waals surface area contributed by atoms with Gasteiger partial charge in [-0.1, -0.05) is 36.4 Å². The van der Waals surface area contributed by atoms with E-state index in [0.717, 1.165) is 12.2 Å². The van der Waals surface area contributed by atoms with E-state index >= 15 is 0 Å². The minimum atomic E-state index is 0.113. The average Bonchev–Trinajstić information content (AvgIpc) is 2.46. The van der Waals surface area contributed by atoms with Crippen LogP contribution >= 0.6 is 0 Å². The van der Waals surface area contributed by atoms with Gasteiger partial charge in [-0.2, -0.15) is 0 Å². The molecule has 3 heteroatoms. The van der Waals surface area contributed by atoms with E-state index in [9.17, 15) is 0 Å². The minimum Gasteiger partial charge on any atom is -0.383 e. The first kappa shape index (κ1) is 12.7. The third kappa shape index (κ3) is 3.39. The number of hydrogen-bond acceptors (Lipinski definition) is 3. The monoisotopic (exact) mass is 242 g/mol. The molecule has 0 fully saturated rings. The maximum absolute atomic E-state index is 5.08. The van der Waals surface area contributed by atoms with Crippen LogP contribution in [0.25, 0.3) is 0 Å². The Bertz CT molecular complexity index is 405. The zero-order chi connectivity index (χ0) is 12.6. The number of aromatic nitrogens is 1. The lowest BCUT2D eigenvalue weighted by Gasteiger charge is -2.18. The van der Waals surface area contributed by atoms with Crippen LogP contribution in [-0.2, 0) is 4.74 Å². The lowest BCUT2D eigenvalue weighted by molar-refractivity contribution is 0.197. The topological polar surface area (TPSA) is 34.1 Å². The smallest absolute Gasteiger partial charge is 0.0752 e. The fourth-order valence-electron chi connectivity index (χ4n) is 1.89. The summed E-state index contributed by atoms with van der Waals surface area (Å²) in [7, 11) is 1.71. The summed E-state index contributed by atoms with van der Waals surface area (Å²) < 4.78 is 5.08. The van der Waals surface area contributed by atoms with Crippen LogP contribution in [0.2, 0.25) is 0 Å². The number of benzene rings is 1. The highest BCUT2D eigenvalue weighted by Crippen LogP contribution is 2.19. The van der Waals surface area contributed by atoms with Crippen LogP contribution in [0.15, 0.2) is 54.7 Å². The van der Waals surface area contributed by atoms with Gasteiger partial charge in [0.1, 0.15) is 0 Å². The normalized spacial score (nSPS) is 12.3. The zero-order valence-corrected chi connectivity index (χ0v) is 10.5. The van der Waals surface area contributed by atoms with Crippen molar-refractivity contribution in [3.8, 4) is 0 Å². The van der Waals surface area contributed by atoms with Gasteiger partial charge in [0.15, 0.2) is 0 Å². The minimum absolute atomic E-state index is 0.113. The summed E-state index contributed by atoms with van der Waals surface area (Å²) in [5, 5.41) is 3.47. The van der Waals surface area contributed by atoms with Crippen molar-refractivity contribution >= 4 is 0 Å². The van der Waals surface area contributed by atoms with Crippen LogP contribution in [0.5, 0.6) is 0 Å². The van der Waals surface area contributed by atoms with Crippen molar-refractivity contribution in [2.45, 2.75) is 6.04 Å². The van der Waals surface area contributed by atoms with Crippen molar-refractivity contribution in [3.05, 3.63) is 66.0 Å². The van der Waals surface area contributed by atoms with Gasteiger partial charge in [-0.05, 0) is 17.7 Å². The van der Waals surface area contributed by atoms with Gasteiger partial charge < -0.3 is 10.1 Å². The zero-order valence-electron chi connectivity index (χ0n) is 10.5. The van der Waals surface area contributed by atoms with Gasteiger partial charge >= 0.3 is 0 Å². The predicted octanol–water partition coefficient (Wildman–Crippen LogP) is 2.41. The summed E-state index contributed by atoms with van der Waals surface area (Å²) in [5.74, 6) is 0. The molecule has 18 heavy (non-hydrogen) atoms. The number of pyridine rings is 1. The predicted molar refractivity (Wildman–Crippen MR) is 72.4 cm³/mol. The Morgan fingerprint density at radius 2 is 1.89 bits per heavy atom. The van der Waals surface area contributed by atoms with Gasteiger partial charge in [0, 0.05) is 19.9 Å². The summed E-state index contributed by atoms with van der Waals surface area (Å²) in [5.41, 5.74) is 2.24. The number of ether oxygens (including phenoxy) is 1. The Labute approximate surface area is 108 Å². The molecule has 0 spiro atoms. The van der Waals surface area contributed by atoms with E-state index in [0.29, 0.717) is 6.61 Å². The Hall–Kier alpha value is -1.71. The quantitative estimate of drug-likeness (QED) is 0.790. The second-order valence-electron chi connectivity index (χ2n) is 4.05. The Balaban J connectivity index is 2.18. The molecular weight excluding hydrogens is 224 g/mol. The molecule has 3 nitrogen and oxygen atoms in total. The van der Waals surface area contributed by atoms with Crippen LogP contribution in [-0.4, -0.2) is 25.2 Å². The third-order valence-electron chi connectivity index (χ3n) is 2.77. The molecule has 0 saturated carbocycles. The van der Waals surface area contributed by atoms with E-state index in [1.54, 1.807) is 7.11 Å². The summed E-state index contributed by atoms with van der Waals surface area (Å²) in [6, 6.07) is 16.4. The highest BCUT2D eigenvalue weighted by atomic mass is 16.5. The molecule has 0 radical (unpaired) electrons. The van der Waals surface area contributed by atoms with E-state index in [-0.39, 0.29) is 6.04 Å². The summed E-state index contributed by atoms with van der Waals surface area (Å²) >= 11 is 0. The highest BCUT2D eigenvalue weighted by molar-refractivity contribution is 5.27.